The van der Waals surface area contributed by atoms with E-state index in [9.17, 15) is 4.79 Å². The smallest absolute Gasteiger partial charge is 0.231 e. The third-order valence-electron chi connectivity index (χ3n) is 3.77. The Balaban J connectivity index is 1.75. The Morgan fingerprint density at radius 3 is 2.67 bits per heavy atom. The largest absolute Gasteiger partial charge is 0.492 e. The van der Waals surface area contributed by atoms with Crippen molar-refractivity contribution in [1.82, 2.24) is 5.32 Å². The number of nitrogens with two attached hydrogens (primary N) is 1. The van der Waals surface area contributed by atoms with E-state index in [4.69, 9.17) is 10.5 Å². The molecule has 4 heteroatoms. The highest BCUT2D eigenvalue weighted by molar-refractivity contribution is 5.85. The molecular weight excluding hydrogens is 264 g/mol. The van der Waals surface area contributed by atoms with Crippen molar-refractivity contribution in [2.45, 2.75) is 12.0 Å². The Labute approximate surface area is 123 Å². The second kappa shape index (κ2) is 5.97. The molecule has 2 aromatic rings. The van der Waals surface area contributed by atoms with Gasteiger partial charge in [-0.25, -0.2) is 0 Å². The summed E-state index contributed by atoms with van der Waals surface area (Å²) in [6, 6.07) is 17.3. The second-order valence-electron chi connectivity index (χ2n) is 5.11. The van der Waals surface area contributed by atoms with Gasteiger partial charge in [0.2, 0.25) is 5.91 Å². The summed E-state index contributed by atoms with van der Waals surface area (Å²) < 4.78 is 5.56. The Morgan fingerprint density at radius 1 is 1.19 bits per heavy atom. The van der Waals surface area contributed by atoms with Crippen molar-refractivity contribution < 1.29 is 9.53 Å². The maximum absolute atomic E-state index is 12.5. The zero-order valence-corrected chi connectivity index (χ0v) is 11.7. The molecule has 0 spiro atoms. The van der Waals surface area contributed by atoms with Crippen LogP contribution < -0.4 is 15.8 Å². The lowest BCUT2D eigenvalue weighted by molar-refractivity contribution is -0.123. The molecule has 3 rings (SSSR count). The molecule has 108 valence electrons. The molecule has 0 bridgehead atoms. The van der Waals surface area contributed by atoms with Crippen LogP contribution in [0.25, 0.3) is 0 Å². The predicted octanol–water partition coefficient (Wildman–Crippen LogP) is 1.98. The summed E-state index contributed by atoms with van der Waals surface area (Å²) in [6.45, 7) is 0.752. The van der Waals surface area contributed by atoms with Crippen molar-refractivity contribution in [3.8, 4) is 5.75 Å². The van der Waals surface area contributed by atoms with Crippen LogP contribution in [0.2, 0.25) is 0 Å². The highest BCUT2D eigenvalue weighted by Gasteiger charge is 2.31. The average Bonchev–Trinajstić information content (AvgIpc) is 2.97. The molecule has 1 heterocycles. The van der Waals surface area contributed by atoms with Crippen molar-refractivity contribution in [2.75, 3.05) is 13.2 Å². The van der Waals surface area contributed by atoms with E-state index in [0.717, 1.165) is 16.9 Å². The third kappa shape index (κ3) is 2.76. The van der Waals surface area contributed by atoms with Crippen LogP contribution in [0.15, 0.2) is 54.6 Å². The zero-order valence-electron chi connectivity index (χ0n) is 11.7. The van der Waals surface area contributed by atoms with E-state index in [1.54, 1.807) is 0 Å². The van der Waals surface area contributed by atoms with Gasteiger partial charge in [0.05, 0.1) is 6.04 Å². The number of fused-ring (bicyclic) bond motifs is 1. The second-order valence-corrected chi connectivity index (χ2v) is 5.11. The minimum absolute atomic E-state index is 0.0424. The van der Waals surface area contributed by atoms with Crippen LogP contribution in [-0.2, 0) is 4.79 Å². The van der Waals surface area contributed by atoms with Crippen LogP contribution in [0.1, 0.15) is 23.1 Å². The molecule has 4 nitrogen and oxygen atoms in total. The van der Waals surface area contributed by atoms with E-state index in [-0.39, 0.29) is 17.9 Å². The molecule has 1 amide bonds. The van der Waals surface area contributed by atoms with E-state index < -0.39 is 0 Å². The number of benzene rings is 2. The molecule has 3 N–H and O–H groups in total. The fourth-order valence-electron chi connectivity index (χ4n) is 2.62. The number of hydrogen-bond donors (Lipinski definition) is 2. The molecule has 1 aliphatic heterocycles. The minimum atomic E-state index is -0.265. The fourth-order valence-corrected chi connectivity index (χ4v) is 2.62. The monoisotopic (exact) mass is 282 g/mol. The SMILES string of the molecule is NCC(NC(=O)C1COc2ccccc21)c1ccccc1. The predicted molar refractivity (Wildman–Crippen MR) is 81.1 cm³/mol. The van der Waals surface area contributed by atoms with Crippen molar-refractivity contribution >= 4 is 5.91 Å². The van der Waals surface area contributed by atoms with E-state index >= 15 is 0 Å². The average molecular weight is 282 g/mol. The summed E-state index contributed by atoms with van der Waals surface area (Å²) in [5.41, 5.74) is 7.76. The number of para-hydroxylation sites is 1. The van der Waals surface area contributed by atoms with Gasteiger partial charge in [-0.3, -0.25) is 4.79 Å². The molecule has 21 heavy (non-hydrogen) atoms. The van der Waals surface area contributed by atoms with Crippen molar-refractivity contribution in [3.63, 3.8) is 0 Å². The first-order valence-corrected chi connectivity index (χ1v) is 7.06. The molecule has 1 aliphatic rings. The molecule has 2 unspecified atom stereocenters. The van der Waals surface area contributed by atoms with Crippen molar-refractivity contribution in [1.29, 1.82) is 0 Å². The quantitative estimate of drug-likeness (QED) is 0.901. The highest BCUT2D eigenvalue weighted by Crippen LogP contribution is 2.33. The number of carbonyl (C=O) groups excluding carboxylic acids is 1. The molecule has 0 fully saturated rings. The fraction of sp³-hybridized carbons (Fsp3) is 0.235. The Kier molecular flexibility index (Phi) is 3.88. The minimum Gasteiger partial charge on any atom is -0.492 e. The molecule has 0 aliphatic carbocycles. The van der Waals surface area contributed by atoms with Crippen molar-refractivity contribution in [2.24, 2.45) is 5.73 Å². The maximum Gasteiger partial charge on any atom is 0.231 e. The standard InChI is InChI=1S/C17H18N2O2/c18-10-15(12-6-2-1-3-7-12)19-17(20)14-11-21-16-9-5-4-8-13(14)16/h1-9,14-15H,10-11,18H2,(H,19,20). The van der Waals surface area contributed by atoms with Gasteiger partial charge in [0.15, 0.2) is 0 Å². The first kappa shape index (κ1) is 13.6. The Bertz CT molecular complexity index is 628. The van der Waals surface area contributed by atoms with Gasteiger partial charge in [0, 0.05) is 12.1 Å². The molecule has 2 atom stereocenters. The van der Waals surface area contributed by atoms with Crippen LogP contribution in [0, 0.1) is 0 Å². The Hall–Kier alpha value is -2.33. The first-order valence-electron chi connectivity index (χ1n) is 7.06. The normalized spacial score (nSPS) is 17.7. The van der Waals surface area contributed by atoms with Crippen LogP contribution in [-0.4, -0.2) is 19.1 Å². The zero-order chi connectivity index (χ0) is 14.7. The number of rotatable bonds is 4. The van der Waals surface area contributed by atoms with Gasteiger partial charge in [-0.1, -0.05) is 48.5 Å². The number of carbonyl (C=O) groups is 1. The first-order chi connectivity index (χ1) is 10.3. The Morgan fingerprint density at radius 2 is 1.90 bits per heavy atom. The van der Waals surface area contributed by atoms with Gasteiger partial charge in [-0.2, -0.15) is 0 Å². The van der Waals surface area contributed by atoms with Gasteiger partial charge in [0.25, 0.3) is 0 Å². The van der Waals surface area contributed by atoms with Gasteiger partial charge in [0.1, 0.15) is 18.3 Å². The summed E-state index contributed by atoms with van der Waals surface area (Å²) in [5.74, 6) is 0.486. The lowest BCUT2D eigenvalue weighted by Gasteiger charge is -2.19. The number of hydrogen-bond acceptors (Lipinski definition) is 3. The van der Waals surface area contributed by atoms with Gasteiger partial charge in [-0.05, 0) is 11.6 Å². The third-order valence-corrected chi connectivity index (χ3v) is 3.77. The van der Waals surface area contributed by atoms with E-state index in [1.807, 2.05) is 54.6 Å². The summed E-state index contributed by atoms with van der Waals surface area (Å²) in [7, 11) is 0. The maximum atomic E-state index is 12.5. The van der Waals surface area contributed by atoms with Crippen LogP contribution in [0.4, 0.5) is 0 Å². The number of amides is 1. The molecule has 0 saturated heterocycles. The highest BCUT2D eigenvalue weighted by atomic mass is 16.5. The molecule has 0 aromatic heterocycles. The van der Waals surface area contributed by atoms with Gasteiger partial charge >= 0.3 is 0 Å². The number of ether oxygens (including phenoxy) is 1. The summed E-state index contributed by atoms with van der Waals surface area (Å²) in [5, 5.41) is 3.02. The molecule has 0 saturated carbocycles. The van der Waals surface area contributed by atoms with Crippen molar-refractivity contribution in [3.05, 3.63) is 65.7 Å². The van der Waals surface area contributed by atoms with E-state index in [1.165, 1.54) is 0 Å². The van der Waals surface area contributed by atoms with Gasteiger partial charge in [-0.15, -0.1) is 0 Å². The molecule has 2 aromatic carbocycles. The van der Waals surface area contributed by atoms with E-state index in [2.05, 4.69) is 5.32 Å². The van der Waals surface area contributed by atoms with Gasteiger partial charge < -0.3 is 15.8 Å². The van der Waals surface area contributed by atoms with Crippen LogP contribution in [0.5, 0.6) is 5.75 Å². The molecular formula is C17H18N2O2. The lowest BCUT2D eigenvalue weighted by atomic mass is 9.99. The summed E-state index contributed by atoms with van der Waals surface area (Å²) in [4.78, 5) is 12.5. The molecule has 0 radical (unpaired) electrons. The van der Waals surface area contributed by atoms with Crippen LogP contribution >= 0.6 is 0 Å². The lowest BCUT2D eigenvalue weighted by Crippen LogP contribution is -2.37. The summed E-state index contributed by atoms with van der Waals surface area (Å²) in [6.07, 6.45) is 0. The van der Waals surface area contributed by atoms with E-state index in [0.29, 0.717) is 13.2 Å². The topological polar surface area (TPSA) is 64.3 Å². The van der Waals surface area contributed by atoms with Crippen LogP contribution in [0.3, 0.4) is 0 Å². The summed E-state index contributed by atoms with van der Waals surface area (Å²) >= 11 is 0. The number of nitrogens with one attached hydrogen (secondary N) is 1.